The second kappa shape index (κ2) is 8.93. The van der Waals surface area contributed by atoms with Crippen LogP contribution in [0.3, 0.4) is 0 Å². The van der Waals surface area contributed by atoms with Crippen LogP contribution < -0.4 is 10.1 Å². The molecule has 1 N–H and O–H groups in total. The molecule has 0 unspecified atom stereocenters. The standard InChI is InChI=1S/C22H24ClN3O2/c1-15-7-9-18(10-8-15)14-26-21(23)20(17(3)25-26)22(27)24-11-12-28-19-6-4-5-16(2)13-19/h4-10,13H,11-12,14H2,1-3H3,(H,24,27). The summed E-state index contributed by atoms with van der Waals surface area (Å²) in [5.74, 6) is 0.542. The van der Waals surface area contributed by atoms with Gasteiger partial charge in [0.15, 0.2) is 0 Å². The molecule has 0 aliphatic heterocycles. The fraction of sp³-hybridized carbons (Fsp3) is 0.273. The summed E-state index contributed by atoms with van der Waals surface area (Å²) >= 11 is 6.44. The number of carbonyl (C=O) groups is 1. The van der Waals surface area contributed by atoms with Gasteiger partial charge >= 0.3 is 0 Å². The predicted octanol–water partition coefficient (Wildman–Crippen LogP) is 4.32. The fourth-order valence-electron chi connectivity index (χ4n) is 2.91. The molecule has 0 aliphatic rings. The van der Waals surface area contributed by atoms with Gasteiger partial charge in [-0.2, -0.15) is 5.10 Å². The second-order valence-corrected chi connectivity index (χ2v) is 7.17. The summed E-state index contributed by atoms with van der Waals surface area (Å²) in [4.78, 5) is 12.6. The Kier molecular flexibility index (Phi) is 6.37. The van der Waals surface area contributed by atoms with Gasteiger partial charge in [0.05, 0.1) is 24.3 Å². The van der Waals surface area contributed by atoms with Gasteiger partial charge in [-0.05, 0) is 44.0 Å². The molecule has 28 heavy (non-hydrogen) atoms. The van der Waals surface area contributed by atoms with Gasteiger partial charge < -0.3 is 10.1 Å². The number of nitrogens with one attached hydrogen (secondary N) is 1. The molecule has 3 aromatic rings. The van der Waals surface area contributed by atoms with Crippen molar-refractivity contribution in [2.75, 3.05) is 13.2 Å². The van der Waals surface area contributed by atoms with E-state index in [-0.39, 0.29) is 5.91 Å². The van der Waals surface area contributed by atoms with Crippen molar-refractivity contribution in [2.24, 2.45) is 0 Å². The van der Waals surface area contributed by atoms with Crippen LogP contribution in [0.5, 0.6) is 5.75 Å². The summed E-state index contributed by atoms with van der Waals surface area (Å²) in [6, 6.07) is 15.9. The highest BCUT2D eigenvalue weighted by Gasteiger charge is 2.20. The summed E-state index contributed by atoms with van der Waals surface area (Å²) in [7, 11) is 0. The molecule has 1 heterocycles. The van der Waals surface area contributed by atoms with Crippen LogP contribution in [-0.2, 0) is 6.54 Å². The minimum absolute atomic E-state index is 0.245. The molecule has 1 aromatic heterocycles. The van der Waals surface area contributed by atoms with E-state index in [1.807, 2.05) is 62.4 Å². The third-order valence-electron chi connectivity index (χ3n) is 4.39. The molecule has 3 rings (SSSR count). The molecule has 0 fully saturated rings. The minimum Gasteiger partial charge on any atom is -0.492 e. The number of benzene rings is 2. The number of aromatic nitrogens is 2. The molecule has 1 amide bonds. The van der Waals surface area contributed by atoms with E-state index in [9.17, 15) is 4.79 Å². The minimum atomic E-state index is -0.245. The zero-order valence-corrected chi connectivity index (χ0v) is 17.1. The van der Waals surface area contributed by atoms with Gasteiger partial charge in [-0.3, -0.25) is 4.79 Å². The molecular formula is C22H24ClN3O2. The zero-order chi connectivity index (χ0) is 20.1. The molecule has 0 spiro atoms. The molecule has 2 aromatic carbocycles. The van der Waals surface area contributed by atoms with Crippen LogP contribution in [0.1, 0.15) is 32.7 Å². The van der Waals surface area contributed by atoms with Gasteiger partial charge in [0.25, 0.3) is 5.91 Å². The average molecular weight is 398 g/mol. The van der Waals surface area contributed by atoms with Crippen molar-refractivity contribution in [1.82, 2.24) is 15.1 Å². The molecule has 0 saturated carbocycles. The summed E-state index contributed by atoms with van der Waals surface area (Å²) in [5, 5.41) is 7.62. The number of hydrogen-bond acceptors (Lipinski definition) is 3. The number of aryl methyl sites for hydroxylation is 3. The number of nitrogens with zero attached hydrogens (tertiary/aromatic N) is 2. The van der Waals surface area contributed by atoms with E-state index in [2.05, 4.69) is 10.4 Å². The van der Waals surface area contributed by atoms with Gasteiger partial charge in [-0.15, -0.1) is 0 Å². The van der Waals surface area contributed by atoms with Crippen molar-refractivity contribution in [1.29, 1.82) is 0 Å². The largest absolute Gasteiger partial charge is 0.492 e. The molecule has 146 valence electrons. The lowest BCUT2D eigenvalue weighted by Gasteiger charge is -2.08. The van der Waals surface area contributed by atoms with Gasteiger partial charge in [0.1, 0.15) is 17.5 Å². The van der Waals surface area contributed by atoms with Gasteiger partial charge in [0.2, 0.25) is 0 Å². The maximum Gasteiger partial charge on any atom is 0.256 e. The number of carbonyl (C=O) groups excluding carboxylic acids is 1. The average Bonchev–Trinajstić information content (AvgIpc) is 2.94. The Morgan fingerprint density at radius 1 is 1.11 bits per heavy atom. The number of rotatable bonds is 7. The Morgan fingerprint density at radius 3 is 2.57 bits per heavy atom. The molecule has 5 nitrogen and oxygen atoms in total. The van der Waals surface area contributed by atoms with Gasteiger partial charge in [-0.1, -0.05) is 53.6 Å². The zero-order valence-electron chi connectivity index (χ0n) is 16.3. The first kappa shape index (κ1) is 20.0. The maximum absolute atomic E-state index is 12.6. The number of hydrogen-bond donors (Lipinski definition) is 1. The van der Waals surface area contributed by atoms with E-state index < -0.39 is 0 Å². The van der Waals surface area contributed by atoms with Crippen molar-refractivity contribution < 1.29 is 9.53 Å². The molecule has 0 atom stereocenters. The van der Waals surface area contributed by atoms with Crippen LogP contribution in [-0.4, -0.2) is 28.8 Å². The van der Waals surface area contributed by atoms with Crippen molar-refractivity contribution in [3.8, 4) is 5.75 Å². The summed E-state index contributed by atoms with van der Waals surface area (Å²) in [6.45, 7) is 7.11. The predicted molar refractivity (Wildman–Crippen MR) is 111 cm³/mol. The Labute approximate surface area is 170 Å². The highest BCUT2D eigenvalue weighted by Crippen LogP contribution is 2.21. The molecule has 0 saturated heterocycles. The number of amides is 1. The van der Waals surface area contributed by atoms with E-state index in [0.717, 1.165) is 16.9 Å². The molecular weight excluding hydrogens is 374 g/mol. The molecule has 6 heteroatoms. The first-order chi connectivity index (χ1) is 13.4. The van der Waals surface area contributed by atoms with Crippen molar-refractivity contribution >= 4 is 17.5 Å². The van der Waals surface area contributed by atoms with E-state index in [4.69, 9.17) is 16.3 Å². The normalized spacial score (nSPS) is 10.7. The van der Waals surface area contributed by atoms with Crippen molar-refractivity contribution in [3.63, 3.8) is 0 Å². The SMILES string of the molecule is Cc1ccc(Cn2nc(C)c(C(=O)NCCOc3cccc(C)c3)c2Cl)cc1. The Morgan fingerprint density at radius 2 is 1.86 bits per heavy atom. The maximum atomic E-state index is 12.6. The summed E-state index contributed by atoms with van der Waals surface area (Å²) < 4.78 is 7.31. The Hall–Kier alpha value is -2.79. The number of halogens is 1. The Bertz CT molecular complexity index is 964. The van der Waals surface area contributed by atoms with E-state index in [0.29, 0.717) is 36.1 Å². The third-order valence-corrected chi connectivity index (χ3v) is 4.78. The topological polar surface area (TPSA) is 56.2 Å². The van der Waals surface area contributed by atoms with Crippen LogP contribution in [0.25, 0.3) is 0 Å². The second-order valence-electron chi connectivity index (χ2n) is 6.82. The van der Waals surface area contributed by atoms with Crippen molar-refractivity contribution in [2.45, 2.75) is 27.3 Å². The molecule has 0 radical (unpaired) electrons. The van der Waals surface area contributed by atoms with Crippen LogP contribution in [0.15, 0.2) is 48.5 Å². The lowest BCUT2D eigenvalue weighted by atomic mass is 10.1. The van der Waals surface area contributed by atoms with Crippen LogP contribution in [0, 0.1) is 20.8 Å². The summed E-state index contributed by atoms with van der Waals surface area (Å²) in [6.07, 6.45) is 0. The smallest absolute Gasteiger partial charge is 0.256 e. The van der Waals surface area contributed by atoms with Crippen molar-refractivity contribution in [3.05, 3.63) is 81.6 Å². The molecule has 0 aliphatic carbocycles. The van der Waals surface area contributed by atoms with E-state index >= 15 is 0 Å². The van der Waals surface area contributed by atoms with E-state index in [1.54, 1.807) is 11.6 Å². The first-order valence-corrected chi connectivity index (χ1v) is 9.58. The highest BCUT2D eigenvalue weighted by molar-refractivity contribution is 6.33. The fourth-order valence-corrected chi connectivity index (χ4v) is 3.23. The first-order valence-electron chi connectivity index (χ1n) is 9.20. The monoisotopic (exact) mass is 397 g/mol. The highest BCUT2D eigenvalue weighted by atomic mass is 35.5. The lowest BCUT2D eigenvalue weighted by Crippen LogP contribution is -2.28. The third kappa shape index (κ3) is 4.93. The Balaban J connectivity index is 1.59. The number of ether oxygens (including phenoxy) is 1. The van der Waals surface area contributed by atoms with Crippen LogP contribution in [0.2, 0.25) is 5.15 Å². The van der Waals surface area contributed by atoms with Gasteiger partial charge in [-0.25, -0.2) is 4.68 Å². The summed E-state index contributed by atoms with van der Waals surface area (Å²) in [5.41, 5.74) is 4.41. The van der Waals surface area contributed by atoms with Gasteiger partial charge in [0, 0.05) is 0 Å². The quantitative estimate of drug-likeness (QED) is 0.604. The van der Waals surface area contributed by atoms with Crippen LogP contribution in [0.4, 0.5) is 0 Å². The van der Waals surface area contributed by atoms with Crippen LogP contribution >= 0.6 is 11.6 Å². The lowest BCUT2D eigenvalue weighted by molar-refractivity contribution is 0.0946. The van der Waals surface area contributed by atoms with E-state index in [1.165, 1.54) is 5.56 Å². The molecule has 0 bridgehead atoms.